The molecule has 6 heterocycles. The van der Waals surface area contributed by atoms with Gasteiger partial charge in [-0.15, -0.1) is 0 Å². The van der Waals surface area contributed by atoms with E-state index in [1.54, 1.807) is 22.2 Å². The number of ether oxygens (including phenoxy) is 5. The number of hydrogen-bond donors (Lipinski definition) is 4. The van der Waals surface area contributed by atoms with Crippen LogP contribution in [0.15, 0.2) is 103 Å². The molecule has 2 aromatic heterocycles. The second-order valence-corrected chi connectivity index (χ2v) is 17.7. The van der Waals surface area contributed by atoms with Crippen molar-refractivity contribution in [3.63, 3.8) is 0 Å². The second-order valence-electron chi connectivity index (χ2n) is 17.7. The Bertz CT molecular complexity index is 2780. The van der Waals surface area contributed by atoms with E-state index < -0.39 is 36.1 Å². The third-order valence-corrected chi connectivity index (χ3v) is 13.7. The van der Waals surface area contributed by atoms with E-state index in [0.29, 0.717) is 69.4 Å². The Morgan fingerprint density at radius 2 is 1.28 bits per heavy atom. The van der Waals surface area contributed by atoms with Crippen LogP contribution in [0.4, 0.5) is 9.59 Å². The van der Waals surface area contributed by atoms with Crippen molar-refractivity contribution in [3.05, 3.63) is 121 Å². The van der Waals surface area contributed by atoms with E-state index in [2.05, 4.69) is 81.3 Å². The molecule has 1 spiro atoms. The van der Waals surface area contributed by atoms with Gasteiger partial charge in [-0.1, -0.05) is 78.9 Å². The predicted octanol–water partition coefficient (Wildman–Crippen LogP) is 7.22. The molecular formula is C51H54N8O9. The second kappa shape index (κ2) is 19.3. The largest absolute Gasteiger partial charge is 0.453 e. The fraction of sp³-hybridized carbons (Fsp3) is 0.373. The van der Waals surface area contributed by atoms with Crippen molar-refractivity contribution in [1.82, 2.24) is 40.4 Å². The Morgan fingerprint density at radius 1 is 0.676 bits per heavy atom. The molecular weight excluding hydrogens is 869 g/mol. The molecule has 17 heteroatoms. The van der Waals surface area contributed by atoms with Gasteiger partial charge in [-0.05, 0) is 76.8 Å². The third kappa shape index (κ3) is 9.03. The normalized spacial score (nSPS) is 20.1. The molecule has 4 aliphatic heterocycles. The number of carbonyl (C=O) groups is 4. The van der Waals surface area contributed by atoms with Gasteiger partial charge in [0.15, 0.2) is 5.79 Å². The first-order chi connectivity index (χ1) is 33.2. The lowest BCUT2D eigenvalue weighted by molar-refractivity contribution is -0.154. The van der Waals surface area contributed by atoms with Crippen LogP contribution in [0.2, 0.25) is 0 Å². The first-order valence-corrected chi connectivity index (χ1v) is 23.1. The van der Waals surface area contributed by atoms with Crippen molar-refractivity contribution in [1.29, 1.82) is 0 Å². The molecule has 0 bridgehead atoms. The summed E-state index contributed by atoms with van der Waals surface area (Å²) in [6.45, 7) is 2.64. The number of likely N-dealkylation sites (tertiary alicyclic amines) is 2. The summed E-state index contributed by atoms with van der Waals surface area (Å²) in [5, 5.41) is 7.66. The number of alkyl carbamates (subject to hydrolysis) is 2. The lowest BCUT2D eigenvalue weighted by Crippen LogP contribution is -2.54. The number of aromatic amines is 2. The molecule has 4 aliphatic rings. The van der Waals surface area contributed by atoms with Crippen LogP contribution in [0.3, 0.4) is 0 Å². The Balaban J connectivity index is 0.832. The highest BCUT2D eigenvalue weighted by Gasteiger charge is 2.53. The van der Waals surface area contributed by atoms with Crippen molar-refractivity contribution in [2.75, 3.05) is 53.7 Å². The van der Waals surface area contributed by atoms with Crippen LogP contribution in [-0.2, 0) is 33.3 Å². The molecule has 0 saturated carbocycles. The van der Waals surface area contributed by atoms with Gasteiger partial charge in [-0.2, -0.15) is 0 Å². The molecule has 4 amide bonds. The van der Waals surface area contributed by atoms with Gasteiger partial charge in [-0.3, -0.25) is 9.59 Å². The minimum atomic E-state index is -0.954. The van der Waals surface area contributed by atoms with Gasteiger partial charge in [0, 0.05) is 31.7 Å². The zero-order valence-electron chi connectivity index (χ0n) is 37.9. The van der Waals surface area contributed by atoms with E-state index in [9.17, 15) is 19.2 Å². The summed E-state index contributed by atoms with van der Waals surface area (Å²) in [6.07, 6.45) is 5.47. The average molecular weight is 923 g/mol. The molecule has 17 nitrogen and oxygen atoms in total. The average Bonchev–Trinajstić information content (AvgIpc) is 4.26. The van der Waals surface area contributed by atoms with Crippen molar-refractivity contribution in [2.45, 2.75) is 62.1 Å². The number of imidazole rings is 2. The highest BCUT2D eigenvalue weighted by atomic mass is 16.7. The minimum Gasteiger partial charge on any atom is -0.453 e. The number of rotatable bonds is 11. The maximum atomic E-state index is 14.4. The number of benzene rings is 4. The molecule has 0 aliphatic carbocycles. The topological polar surface area (TPSA) is 202 Å². The SMILES string of the molecule is COC(=O)NC(C(=O)N1CC2(C[C@H]1c1ncc(-c3ccc4cc(-c5ccc(-c6cnc([C@@H]7CCCN7C(=O)[C@H](NC(=O)OC)c7ccccc7)[nH]6)cc5)ccc4c3)[nH]1)OCCO2)C1CCOCC1. The van der Waals surface area contributed by atoms with Crippen LogP contribution < -0.4 is 10.6 Å². The van der Waals surface area contributed by atoms with Gasteiger partial charge >= 0.3 is 12.2 Å². The van der Waals surface area contributed by atoms with E-state index in [4.69, 9.17) is 33.7 Å². The number of H-pyrrole nitrogens is 2. The molecule has 4 N–H and O–H groups in total. The summed E-state index contributed by atoms with van der Waals surface area (Å²) < 4.78 is 27.5. The number of aromatic nitrogens is 4. The van der Waals surface area contributed by atoms with Crippen LogP contribution in [0.1, 0.15) is 67.4 Å². The highest BCUT2D eigenvalue weighted by Crippen LogP contribution is 2.43. The zero-order valence-corrected chi connectivity index (χ0v) is 37.9. The van der Waals surface area contributed by atoms with Gasteiger partial charge in [0.05, 0.1) is 69.8 Å². The lowest BCUT2D eigenvalue weighted by atomic mass is 9.90. The Hall–Kier alpha value is -7.08. The summed E-state index contributed by atoms with van der Waals surface area (Å²) in [4.78, 5) is 73.2. The molecule has 1 unspecified atom stereocenters. The molecule has 6 aromatic rings. The molecule has 68 heavy (non-hydrogen) atoms. The number of methoxy groups -OCH3 is 2. The quantitative estimate of drug-likeness (QED) is 0.102. The van der Waals surface area contributed by atoms with Gasteiger partial charge in [0.1, 0.15) is 23.7 Å². The summed E-state index contributed by atoms with van der Waals surface area (Å²) in [7, 11) is 2.57. The predicted molar refractivity (Wildman–Crippen MR) is 250 cm³/mol. The Morgan fingerprint density at radius 3 is 1.97 bits per heavy atom. The van der Waals surface area contributed by atoms with Crippen LogP contribution in [0.25, 0.3) is 44.4 Å². The van der Waals surface area contributed by atoms with Gasteiger partial charge in [-0.25, -0.2) is 19.6 Å². The van der Waals surface area contributed by atoms with E-state index in [1.807, 2.05) is 30.3 Å². The van der Waals surface area contributed by atoms with Crippen LogP contribution >= 0.6 is 0 Å². The van der Waals surface area contributed by atoms with Crippen molar-refractivity contribution in [3.8, 4) is 33.6 Å². The fourth-order valence-corrected chi connectivity index (χ4v) is 10.1. The number of nitrogens with one attached hydrogen (secondary N) is 4. The molecule has 4 saturated heterocycles. The Kier molecular flexibility index (Phi) is 12.7. The number of carbonyl (C=O) groups excluding carboxylic acids is 4. The van der Waals surface area contributed by atoms with E-state index >= 15 is 0 Å². The standard InChI is InChI=1S/C51H54N8O9/c1-64-49(62)56-43(33-7-4-3-5-8-33)47(60)58-20-6-9-41(58)45-52-28-39(54-45)32-12-10-31(11-13-32)35-14-15-37-26-38(17-16-36(37)25-35)40-29-53-46(55-40)42-27-51(67-23-24-68-51)30-59(42)48(61)44(57-50(63)65-2)34-18-21-66-22-19-34/h3-5,7-8,10-17,25-26,28-29,34,41-44H,6,9,18-24,27,30H2,1-2H3,(H,52,54)(H,53,55)(H,56,62)(H,57,63)/t41-,42-,43+,44?/m0/s1. The molecule has 4 atom stereocenters. The zero-order chi connectivity index (χ0) is 46.8. The van der Waals surface area contributed by atoms with Crippen molar-refractivity contribution < 1.29 is 42.9 Å². The number of hydrogen-bond acceptors (Lipinski definition) is 11. The van der Waals surface area contributed by atoms with Gasteiger partial charge in [0.25, 0.3) is 5.91 Å². The number of fused-ring (bicyclic) bond motifs is 1. The van der Waals surface area contributed by atoms with Crippen LogP contribution in [0, 0.1) is 5.92 Å². The van der Waals surface area contributed by atoms with E-state index in [0.717, 1.165) is 57.3 Å². The first-order valence-electron chi connectivity index (χ1n) is 23.1. The number of nitrogens with zero attached hydrogens (tertiary/aromatic N) is 4. The summed E-state index contributed by atoms with van der Waals surface area (Å²) >= 11 is 0. The van der Waals surface area contributed by atoms with Crippen molar-refractivity contribution >= 4 is 34.8 Å². The molecule has 10 rings (SSSR count). The summed E-state index contributed by atoms with van der Waals surface area (Å²) in [5.74, 6) is -0.222. The van der Waals surface area contributed by atoms with Crippen molar-refractivity contribution in [2.24, 2.45) is 5.92 Å². The van der Waals surface area contributed by atoms with Crippen LogP contribution in [0.5, 0.6) is 0 Å². The molecule has 4 aromatic carbocycles. The summed E-state index contributed by atoms with van der Waals surface area (Å²) in [5.41, 5.74) is 6.34. The lowest BCUT2D eigenvalue weighted by Gasteiger charge is -2.34. The third-order valence-electron chi connectivity index (χ3n) is 13.7. The molecule has 0 radical (unpaired) electrons. The van der Waals surface area contributed by atoms with Gasteiger partial charge in [0.2, 0.25) is 5.91 Å². The van der Waals surface area contributed by atoms with E-state index in [1.165, 1.54) is 14.2 Å². The maximum absolute atomic E-state index is 14.4. The summed E-state index contributed by atoms with van der Waals surface area (Å²) in [6, 6.07) is 27.7. The smallest absolute Gasteiger partial charge is 0.407 e. The first kappa shape index (κ1) is 44.7. The molecule has 352 valence electrons. The van der Waals surface area contributed by atoms with E-state index in [-0.39, 0.29) is 30.3 Å². The maximum Gasteiger partial charge on any atom is 0.407 e. The molecule has 4 fully saturated rings. The van der Waals surface area contributed by atoms with Gasteiger partial charge < -0.3 is 54.1 Å². The van der Waals surface area contributed by atoms with Crippen LogP contribution in [-0.4, -0.2) is 119 Å². The fourth-order valence-electron chi connectivity index (χ4n) is 10.1. The Labute approximate surface area is 392 Å². The minimum absolute atomic E-state index is 0.117. The number of amides is 4. The highest BCUT2D eigenvalue weighted by molar-refractivity contribution is 5.91. The monoisotopic (exact) mass is 922 g/mol.